The summed E-state index contributed by atoms with van der Waals surface area (Å²) in [6, 6.07) is 5.18. The first-order chi connectivity index (χ1) is 9.45. The normalized spacial score (nSPS) is 23.7. The van der Waals surface area contributed by atoms with Crippen molar-refractivity contribution < 1.29 is 8.42 Å². The van der Waals surface area contributed by atoms with E-state index in [9.17, 15) is 8.42 Å². The molecule has 0 aromatic heterocycles. The number of hydrogen-bond acceptors (Lipinski definition) is 4. The van der Waals surface area contributed by atoms with Crippen LogP contribution < -0.4 is 10.5 Å². The average molecular weight is 314 g/mol. The van der Waals surface area contributed by atoms with Gasteiger partial charge in [0.15, 0.2) is 0 Å². The predicted octanol–water partition coefficient (Wildman–Crippen LogP) is 2.53. The molecule has 20 heavy (non-hydrogen) atoms. The molecule has 4 nitrogen and oxygen atoms in total. The summed E-state index contributed by atoms with van der Waals surface area (Å²) in [5.41, 5.74) is 6.86. The van der Waals surface area contributed by atoms with Crippen LogP contribution in [0.4, 0.5) is 5.69 Å². The first-order valence-electron chi connectivity index (χ1n) is 6.86. The van der Waals surface area contributed by atoms with Crippen LogP contribution in [0.15, 0.2) is 23.1 Å². The molecule has 1 saturated carbocycles. The summed E-state index contributed by atoms with van der Waals surface area (Å²) in [5, 5.41) is 0.351. The minimum absolute atomic E-state index is 0.00255. The molecule has 0 saturated heterocycles. The summed E-state index contributed by atoms with van der Waals surface area (Å²) < 4.78 is 28.1. The van der Waals surface area contributed by atoms with Crippen LogP contribution in [-0.2, 0) is 10.0 Å². The fourth-order valence-electron chi connectivity index (χ4n) is 2.81. The minimum atomic E-state index is -3.55. The van der Waals surface area contributed by atoms with Crippen LogP contribution in [0.5, 0.6) is 0 Å². The summed E-state index contributed by atoms with van der Waals surface area (Å²) in [5.74, 6) is 0. The molecule has 6 heteroatoms. The largest absolute Gasteiger partial charge is 0.398 e. The van der Waals surface area contributed by atoms with Gasteiger partial charge in [-0.1, -0.05) is 25.0 Å². The Morgan fingerprint density at radius 3 is 2.65 bits per heavy atom. The summed E-state index contributed by atoms with van der Waals surface area (Å²) in [6.45, 7) is 1.78. The molecule has 0 bridgehead atoms. The van der Waals surface area contributed by atoms with Gasteiger partial charge in [0.1, 0.15) is 4.90 Å². The number of rotatable bonds is 4. The molecule has 1 fully saturated rings. The quantitative estimate of drug-likeness (QED) is 0.838. The van der Waals surface area contributed by atoms with Gasteiger partial charge in [-0.15, -0.1) is 0 Å². The molecule has 1 aliphatic rings. The lowest BCUT2D eigenvalue weighted by Crippen LogP contribution is -2.43. The molecule has 1 aliphatic carbocycles. The topological polar surface area (TPSA) is 72.2 Å². The van der Waals surface area contributed by atoms with E-state index in [-0.39, 0.29) is 10.9 Å². The lowest BCUT2D eigenvalue weighted by Gasteiger charge is -2.31. The summed E-state index contributed by atoms with van der Waals surface area (Å²) in [7, 11) is -3.55. The van der Waals surface area contributed by atoms with Crippen LogP contribution >= 0.6 is 11.8 Å². The van der Waals surface area contributed by atoms with Crippen LogP contribution in [-0.4, -0.2) is 26.0 Å². The highest BCUT2D eigenvalue weighted by atomic mass is 32.2. The van der Waals surface area contributed by atoms with Crippen molar-refractivity contribution in [2.24, 2.45) is 0 Å². The molecule has 1 aromatic carbocycles. The average Bonchev–Trinajstić information content (AvgIpc) is 2.38. The molecule has 1 aromatic rings. The number of nitrogen functional groups attached to an aromatic ring is 1. The van der Waals surface area contributed by atoms with Crippen molar-refractivity contribution in [3.05, 3.63) is 23.8 Å². The van der Waals surface area contributed by atoms with Gasteiger partial charge in [-0.25, -0.2) is 13.1 Å². The Labute approximate surface area is 125 Å². The fourth-order valence-corrected chi connectivity index (χ4v) is 5.50. The summed E-state index contributed by atoms with van der Waals surface area (Å²) >= 11 is 1.74. The van der Waals surface area contributed by atoms with E-state index in [0.29, 0.717) is 16.5 Å². The Morgan fingerprint density at radius 1 is 1.30 bits per heavy atom. The lowest BCUT2D eigenvalue weighted by molar-refractivity contribution is 0.423. The highest BCUT2D eigenvalue weighted by Gasteiger charge is 2.30. The number of thioether (sulfide) groups is 1. The van der Waals surface area contributed by atoms with Crippen molar-refractivity contribution in [3.63, 3.8) is 0 Å². The minimum Gasteiger partial charge on any atom is -0.398 e. The molecule has 0 radical (unpaired) electrons. The molecular formula is C14H22N2O2S2. The van der Waals surface area contributed by atoms with Crippen LogP contribution in [0, 0.1) is 6.92 Å². The van der Waals surface area contributed by atoms with Crippen LogP contribution in [0.25, 0.3) is 0 Å². The van der Waals surface area contributed by atoms with Gasteiger partial charge in [0, 0.05) is 11.3 Å². The van der Waals surface area contributed by atoms with Gasteiger partial charge >= 0.3 is 0 Å². The number of benzene rings is 1. The third-order valence-electron chi connectivity index (χ3n) is 3.82. The lowest BCUT2D eigenvalue weighted by atomic mass is 9.96. The number of nitrogens with one attached hydrogen (secondary N) is 1. The van der Waals surface area contributed by atoms with E-state index in [1.165, 1.54) is 6.42 Å². The highest BCUT2D eigenvalue weighted by Crippen LogP contribution is 2.29. The molecule has 112 valence electrons. The van der Waals surface area contributed by atoms with E-state index in [1.807, 2.05) is 6.26 Å². The van der Waals surface area contributed by atoms with Crippen molar-refractivity contribution in [1.82, 2.24) is 4.72 Å². The molecule has 0 aliphatic heterocycles. The number of nitrogens with two attached hydrogens (primary N) is 1. The maximum absolute atomic E-state index is 12.6. The molecule has 2 atom stereocenters. The molecule has 2 unspecified atom stereocenters. The van der Waals surface area contributed by atoms with E-state index >= 15 is 0 Å². The van der Waals surface area contributed by atoms with Crippen molar-refractivity contribution in [3.8, 4) is 0 Å². The monoisotopic (exact) mass is 314 g/mol. The zero-order chi connectivity index (χ0) is 14.8. The van der Waals surface area contributed by atoms with Gasteiger partial charge in [0.25, 0.3) is 0 Å². The Hall–Kier alpha value is -0.720. The van der Waals surface area contributed by atoms with Gasteiger partial charge in [0.05, 0.1) is 5.69 Å². The maximum atomic E-state index is 12.6. The van der Waals surface area contributed by atoms with E-state index in [2.05, 4.69) is 4.72 Å². The van der Waals surface area contributed by atoms with Crippen LogP contribution in [0.1, 0.15) is 31.2 Å². The van der Waals surface area contributed by atoms with Gasteiger partial charge in [-0.3, -0.25) is 0 Å². The second-order valence-corrected chi connectivity index (χ2v) is 8.01. The third kappa shape index (κ3) is 3.30. The zero-order valence-electron chi connectivity index (χ0n) is 11.9. The maximum Gasteiger partial charge on any atom is 0.243 e. The van der Waals surface area contributed by atoms with E-state index in [4.69, 9.17) is 5.73 Å². The smallest absolute Gasteiger partial charge is 0.243 e. The second kappa shape index (κ2) is 6.37. The van der Waals surface area contributed by atoms with E-state index in [1.54, 1.807) is 36.9 Å². The van der Waals surface area contributed by atoms with Gasteiger partial charge in [-0.2, -0.15) is 11.8 Å². The highest BCUT2D eigenvalue weighted by molar-refractivity contribution is 7.99. The van der Waals surface area contributed by atoms with E-state index in [0.717, 1.165) is 19.3 Å². The second-order valence-electron chi connectivity index (χ2n) is 5.28. The molecule has 2 rings (SSSR count). The molecule has 0 amide bonds. The first kappa shape index (κ1) is 15.7. The van der Waals surface area contributed by atoms with Crippen LogP contribution in [0.3, 0.4) is 0 Å². The molecule has 0 heterocycles. The van der Waals surface area contributed by atoms with Gasteiger partial charge in [-0.05, 0) is 37.7 Å². The SMILES string of the molecule is CSC1CCCCC1NS(=O)(=O)c1c(C)cccc1N. The Balaban J connectivity index is 2.27. The zero-order valence-corrected chi connectivity index (χ0v) is 13.6. The van der Waals surface area contributed by atoms with E-state index < -0.39 is 10.0 Å². The van der Waals surface area contributed by atoms with Gasteiger partial charge < -0.3 is 5.73 Å². The van der Waals surface area contributed by atoms with Crippen molar-refractivity contribution >= 4 is 27.5 Å². The van der Waals surface area contributed by atoms with Crippen molar-refractivity contribution in [1.29, 1.82) is 0 Å². The number of sulfonamides is 1. The standard InChI is InChI=1S/C14H22N2O2S2/c1-10-6-5-7-11(15)14(10)20(17,18)16-12-8-3-4-9-13(12)19-2/h5-7,12-13,16H,3-4,8-9,15H2,1-2H3. The fraction of sp³-hybridized carbons (Fsp3) is 0.571. The Bertz CT molecular complexity index is 552. The van der Waals surface area contributed by atoms with Crippen molar-refractivity contribution in [2.75, 3.05) is 12.0 Å². The molecular weight excluding hydrogens is 292 g/mol. The van der Waals surface area contributed by atoms with Crippen molar-refractivity contribution in [2.45, 2.75) is 48.8 Å². The van der Waals surface area contributed by atoms with Crippen LogP contribution in [0.2, 0.25) is 0 Å². The molecule has 3 N–H and O–H groups in total. The predicted molar refractivity (Wildman–Crippen MR) is 85.5 cm³/mol. The number of aryl methyl sites for hydroxylation is 1. The Kier molecular flexibility index (Phi) is 4.99. The summed E-state index contributed by atoms with van der Waals surface area (Å²) in [6.07, 6.45) is 6.26. The van der Waals surface area contributed by atoms with Gasteiger partial charge in [0.2, 0.25) is 10.0 Å². The number of hydrogen-bond donors (Lipinski definition) is 2. The molecule has 0 spiro atoms. The first-order valence-corrected chi connectivity index (χ1v) is 9.63. The third-order valence-corrected chi connectivity index (χ3v) is 6.70. The Morgan fingerprint density at radius 2 is 2.00 bits per heavy atom. The summed E-state index contributed by atoms with van der Waals surface area (Å²) in [4.78, 5) is 0.227. The number of anilines is 1.